The van der Waals surface area contributed by atoms with E-state index in [1.54, 1.807) is 18.0 Å². The number of benzene rings is 2. The number of nitro groups is 1. The van der Waals surface area contributed by atoms with E-state index >= 15 is 0 Å². The second-order valence-electron chi connectivity index (χ2n) is 9.48. The highest BCUT2D eigenvalue weighted by Crippen LogP contribution is 2.33. The summed E-state index contributed by atoms with van der Waals surface area (Å²) in [5, 5.41) is 19.4. The van der Waals surface area contributed by atoms with Gasteiger partial charge in [0.05, 0.1) is 27.6 Å². The van der Waals surface area contributed by atoms with Gasteiger partial charge in [-0.05, 0) is 55.3 Å². The number of hydrogen-bond acceptors (Lipinski definition) is 10. The average molecular weight is 633 g/mol. The van der Waals surface area contributed by atoms with E-state index in [-0.39, 0.29) is 56.9 Å². The van der Waals surface area contributed by atoms with Crippen LogP contribution in [0.2, 0.25) is 10.0 Å². The minimum absolute atomic E-state index is 0.0616. The van der Waals surface area contributed by atoms with Crippen LogP contribution < -0.4 is 10.3 Å². The Labute approximate surface area is 250 Å². The van der Waals surface area contributed by atoms with Gasteiger partial charge in [0.2, 0.25) is 11.8 Å². The van der Waals surface area contributed by atoms with Crippen molar-refractivity contribution < 1.29 is 27.1 Å². The van der Waals surface area contributed by atoms with Crippen LogP contribution in [0, 0.1) is 10.1 Å². The van der Waals surface area contributed by atoms with Crippen molar-refractivity contribution in [3.63, 3.8) is 0 Å². The number of hydrogen-bond donors (Lipinski definition) is 1. The van der Waals surface area contributed by atoms with Crippen molar-refractivity contribution in [1.82, 2.24) is 9.88 Å². The summed E-state index contributed by atoms with van der Waals surface area (Å²) in [5.74, 6) is -1.26. The Morgan fingerprint density at radius 2 is 1.86 bits per heavy atom. The minimum Gasteiger partial charge on any atom is -0.361 e. The van der Waals surface area contributed by atoms with Crippen LogP contribution in [-0.4, -0.2) is 60.1 Å². The molecule has 3 aromatic rings. The number of non-ortho nitro benzene ring substituents is 1. The quantitative estimate of drug-likeness (QED) is 0.214. The Bertz CT molecular complexity index is 1710. The SMILES string of the molecule is CN(C(=O)c1cc(Cl)ccc1NC(=O)C1CC(OS(=O)(=O)c2ccc([N+](=O)[O-])cc2)=NN1c1ncccc1Cl)C1CC1. The number of amides is 2. The summed E-state index contributed by atoms with van der Waals surface area (Å²) < 4.78 is 31.1. The molecule has 1 saturated carbocycles. The van der Waals surface area contributed by atoms with Crippen molar-refractivity contribution in [1.29, 1.82) is 0 Å². The standard InChI is InChI=1S/C26H22Cl2N6O7S/c1-32(16-5-6-16)26(36)19-13-15(27)4-11-21(19)30-25(35)22-14-23(31-33(22)24-20(28)3-2-12-29-24)41-42(39,40)18-9-7-17(8-10-18)34(37)38/h2-4,7-13,16,22H,5-6,14H2,1H3,(H,30,35). The lowest BCUT2D eigenvalue weighted by atomic mass is 10.1. The molecule has 2 amide bonds. The Morgan fingerprint density at radius 1 is 1.14 bits per heavy atom. The van der Waals surface area contributed by atoms with Gasteiger partial charge in [-0.2, -0.15) is 8.42 Å². The van der Waals surface area contributed by atoms with Crippen LogP contribution in [0.3, 0.4) is 0 Å². The van der Waals surface area contributed by atoms with Crippen LogP contribution in [0.1, 0.15) is 29.6 Å². The molecule has 1 aliphatic heterocycles. The van der Waals surface area contributed by atoms with Crippen LogP contribution >= 0.6 is 23.2 Å². The van der Waals surface area contributed by atoms with Crippen molar-refractivity contribution in [2.45, 2.75) is 36.2 Å². The third kappa shape index (κ3) is 6.15. The van der Waals surface area contributed by atoms with Crippen LogP contribution in [0.4, 0.5) is 17.2 Å². The number of nitrogens with zero attached hydrogens (tertiary/aromatic N) is 5. The number of aromatic nitrogens is 1. The minimum atomic E-state index is -4.47. The fourth-order valence-electron chi connectivity index (χ4n) is 4.22. The average Bonchev–Trinajstić information content (AvgIpc) is 3.73. The zero-order chi connectivity index (χ0) is 30.2. The van der Waals surface area contributed by atoms with Gasteiger partial charge in [0.25, 0.3) is 11.6 Å². The van der Waals surface area contributed by atoms with E-state index in [9.17, 15) is 28.1 Å². The summed E-state index contributed by atoms with van der Waals surface area (Å²) in [6.07, 6.45) is 2.87. The van der Waals surface area contributed by atoms with Gasteiger partial charge in [-0.25, -0.2) is 9.99 Å². The Morgan fingerprint density at radius 3 is 2.50 bits per heavy atom. The normalized spacial score (nSPS) is 16.5. The molecule has 13 nitrogen and oxygen atoms in total. The number of anilines is 2. The summed E-state index contributed by atoms with van der Waals surface area (Å²) in [7, 11) is -2.80. The Hall–Kier alpha value is -4.27. The summed E-state index contributed by atoms with van der Waals surface area (Å²) >= 11 is 12.5. The van der Waals surface area contributed by atoms with Crippen molar-refractivity contribution in [3.05, 3.63) is 86.5 Å². The molecule has 0 spiro atoms. The van der Waals surface area contributed by atoms with Crippen LogP contribution in [0.15, 0.2) is 70.8 Å². The number of hydrazone groups is 1. The van der Waals surface area contributed by atoms with Crippen LogP contribution in [0.25, 0.3) is 0 Å². The molecule has 0 saturated heterocycles. The lowest BCUT2D eigenvalue weighted by Crippen LogP contribution is -2.39. The Balaban J connectivity index is 1.42. The molecule has 2 aromatic carbocycles. The van der Waals surface area contributed by atoms with Gasteiger partial charge < -0.3 is 14.4 Å². The molecule has 0 bridgehead atoms. The lowest BCUT2D eigenvalue weighted by molar-refractivity contribution is -0.384. The van der Waals surface area contributed by atoms with E-state index in [1.807, 2.05) is 0 Å². The molecule has 1 aromatic heterocycles. The van der Waals surface area contributed by atoms with Gasteiger partial charge in [-0.3, -0.25) is 19.7 Å². The van der Waals surface area contributed by atoms with Gasteiger partial charge in [0.1, 0.15) is 10.9 Å². The van der Waals surface area contributed by atoms with E-state index in [4.69, 9.17) is 27.4 Å². The molecule has 2 heterocycles. The van der Waals surface area contributed by atoms with E-state index in [0.29, 0.717) is 5.02 Å². The number of pyridine rings is 1. The molecule has 0 radical (unpaired) electrons. The second-order valence-corrected chi connectivity index (χ2v) is 11.9. The van der Waals surface area contributed by atoms with E-state index in [0.717, 1.165) is 42.1 Å². The maximum atomic E-state index is 13.6. The summed E-state index contributed by atoms with van der Waals surface area (Å²) in [4.78, 5) is 42.5. The highest BCUT2D eigenvalue weighted by atomic mass is 35.5. The number of carbonyl (C=O) groups excluding carboxylic acids is 2. The second kappa shape index (κ2) is 11.5. The first kappa shape index (κ1) is 29.2. The first-order valence-corrected chi connectivity index (χ1v) is 14.6. The number of rotatable bonds is 8. The predicted molar refractivity (Wildman–Crippen MR) is 154 cm³/mol. The van der Waals surface area contributed by atoms with Crippen molar-refractivity contribution in [3.8, 4) is 0 Å². The molecule has 16 heteroatoms. The number of nitro benzene ring substituents is 1. The smallest absolute Gasteiger partial charge is 0.340 e. The predicted octanol–water partition coefficient (Wildman–Crippen LogP) is 4.47. The third-order valence-corrected chi connectivity index (χ3v) is 8.36. The number of carbonyl (C=O) groups is 2. The molecule has 1 unspecified atom stereocenters. The van der Waals surface area contributed by atoms with E-state index in [1.165, 1.54) is 30.5 Å². The van der Waals surface area contributed by atoms with Gasteiger partial charge in [0.15, 0.2) is 5.82 Å². The van der Waals surface area contributed by atoms with Crippen molar-refractivity contribution in [2.24, 2.45) is 5.10 Å². The molecule has 1 aliphatic carbocycles. The molecule has 218 valence electrons. The van der Waals surface area contributed by atoms with E-state index < -0.39 is 27.0 Å². The monoisotopic (exact) mass is 632 g/mol. The molecule has 5 rings (SSSR count). The molecule has 1 fully saturated rings. The maximum Gasteiger partial charge on any atom is 0.340 e. The molecule has 2 aliphatic rings. The van der Waals surface area contributed by atoms with Gasteiger partial charge in [-0.15, -0.1) is 5.10 Å². The van der Waals surface area contributed by atoms with Crippen LogP contribution in [-0.2, 0) is 19.1 Å². The molecule has 42 heavy (non-hydrogen) atoms. The summed E-state index contributed by atoms with van der Waals surface area (Å²) in [6, 6.07) is 10.6. The molecular formula is C26H22Cl2N6O7S. The highest BCUT2D eigenvalue weighted by Gasteiger charge is 2.39. The highest BCUT2D eigenvalue weighted by molar-refractivity contribution is 7.87. The number of nitrogens with one attached hydrogen (secondary N) is 1. The largest absolute Gasteiger partial charge is 0.361 e. The maximum absolute atomic E-state index is 13.6. The first-order chi connectivity index (χ1) is 19.9. The fourth-order valence-corrected chi connectivity index (χ4v) is 5.52. The molecule has 1 atom stereocenters. The third-order valence-electron chi connectivity index (χ3n) is 6.57. The van der Waals surface area contributed by atoms with E-state index in [2.05, 4.69) is 15.4 Å². The lowest BCUT2D eigenvalue weighted by Gasteiger charge is -2.23. The first-order valence-electron chi connectivity index (χ1n) is 12.5. The Kier molecular flexibility index (Phi) is 8.03. The van der Waals surface area contributed by atoms with Crippen molar-refractivity contribution in [2.75, 3.05) is 17.4 Å². The zero-order valence-electron chi connectivity index (χ0n) is 21.8. The summed E-state index contributed by atoms with van der Waals surface area (Å²) in [5.41, 5.74) is 0.0777. The summed E-state index contributed by atoms with van der Waals surface area (Å²) in [6.45, 7) is 0. The number of halogens is 2. The zero-order valence-corrected chi connectivity index (χ0v) is 24.1. The van der Waals surface area contributed by atoms with Gasteiger partial charge in [0, 0.05) is 36.4 Å². The fraction of sp³-hybridized carbons (Fsp3) is 0.231. The topological polar surface area (TPSA) is 164 Å². The van der Waals surface area contributed by atoms with Crippen LogP contribution in [0.5, 0.6) is 0 Å². The van der Waals surface area contributed by atoms with Crippen molar-refractivity contribution >= 4 is 68.2 Å². The molecule has 1 N–H and O–H groups in total. The van der Waals surface area contributed by atoms with Gasteiger partial charge in [-0.1, -0.05) is 23.2 Å². The van der Waals surface area contributed by atoms with Gasteiger partial charge >= 0.3 is 10.1 Å². The molecular weight excluding hydrogens is 611 g/mol.